The second kappa shape index (κ2) is 8.00. The van der Waals surface area contributed by atoms with Gasteiger partial charge in [-0.15, -0.1) is 0 Å². The van der Waals surface area contributed by atoms with Gasteiger partial charge in [0.05, 0.1) is 15.6 Å². The zero-order chi connectivity index (χ0) is 20.4. The van der Waals surface area contributed by atoms with Crippen LogP contribution in [0.4, 0.5) is 0 Å². The predicted molar refractivity (Wildman–Crippen MR) is 103 cm³/mol. The number of rotatable bonds is 5. The number of hydrogen-bond acceptors (Lipinski definition) is 5. The first-order chi connectivity index (χ1) is 13.3. The molecule has 0 radical (unpaired) electrons. The summed E-state index contributed by atoms with van der Waals surface area (Å²) in [6, 6.07) is 9.98. The molecule has 2 aromatic carbocycles. The molecule has 7 nitrogen and oxygen atoms in total. The third-order valence-electron chi connectivity index (χ3n) is 4.07. The van der Waals surface area contributed by atoms with Crippen LogP contribution in [0.2, 0.25) is 10.0 Å². The average Bonchev–Trinajstić information content (AvgIpc) is 2.67. The molecule has 1 N–H and O–H groups in total. The molecule has 0 bridgehead atoms. The smallest absolute Gasteiger partial charge is 0.336 e. The van der Waals surface area contributed by atoms with Crippen LogP contribution in [0.5, 0.6) is 5.75 Å². The van der Waals surface area contributed by atoms with Crippen molar-refractivity contribution in [3.63, 3.8) is 0 Å². The second-order valence-corrected chi connectivity index (χ2v) is 6.77. The zero-order valence-electron chi connectivity index (χ0n) is 14.6. The Morgan fingerprint density at radius 1 is 1.18 bits per heavy atom. The number of Topliss-reactive ketones (excluding diaryl/α,β-unsaturated/α-hetero) is 1. The summed E-state index contributed by atoms with van der Waals surface area (Å²) in [7, 11) is 1.35. The summed E-state index contributed by atoms with van der Waals surface area (Å²) < 4.78 is 5.82. The Balaban J connectivity index is 1.93. The lowest BCUT2D eigenvalue weighted by atomic mass is 10.1. The van der Waals surface area contributed by atoms with Crippen LogP contribution in [0.15, 0.2) is 47.5 Å². The highest BCUT2D eigenvalue weighted by molar-refractivity contribution is 6.46. The van der Waals surface area contributed by atoms with Crippen LogP contribution in [0.1, 0.15) is 11.1 Å². The Hall–Kier alpha value is -2.90. The predicted octanol–water partition coefficient (Wildman–Crippen LogP) is 2.81. The van der Waals surface area contributed by atoms with E-state index < -0.39 is 23.7 Å². The van der Waals surface area contributed by atoms with Crippen molar-refractivity contribution in [2.45, 2.75) is 12.6 Å². The minimum Gasteiger partial charge on any atom is -0.488 e. The molecule has 1 atom stereocenters. The number of ether oxygens (including phenoxy) is 1. The number of aliphatic imine (C=N–C) groups is 1. The summed E-state index contributed by atoms with van der Waals surface area (Å²) in [4.78, 5) is 40.3. The normalized spacial score (nSPS) is 16.8. The number of nitrogens with zero attached hydrogens (tertiary/aromatic N) is 2. The number of amidine groups is 1. The Kier molecular flexibility index (Phi) is 5.67. The minimum atomic E-state index is -1.78. The molecule has 0 saturated carbocycles. The highest BCUT2D eigenvalue weighted by Gasteiger charge is 2.40. The average molecular weight is 421 g/mol. The van der Waals surface area contributed by atoms with Crippen molar-refractivity contribution in [3.8, 4) is 5.75 Å². The molecule has 1 amide bonds. The Morgan fingerprint density at radius 2 is 1.89 bits per heavy atom. The maximum Gasteiger partial charge on any atom is 0.336 e. The summed E-state index contributed by atoms with van der Waals surface area (Å²) in [6.07, 6.45) is 0. The number of benzene rings is 2. The maximum atomic E-state index is 12.1. The lowest BCUT2D eigenvalue weighted by molar-refractivity contribution is -0.149. The minimum absolute atomic E-state index is 0.0433. The molecule has 1 unspecified atom stereocenters. The van der Waals surface area contributed by atoms with Crippen LogP contribution >= 0.6 is 23.2 Å². The number of para-hydroxylation sites is 1. The molecule has 3 rings (SSSR count). The summed E-state index contributed by atoms with van der Waals surface area (Å²) >= 11 is 11.9. The number of likely N-dealkylation sites (N-methyl/N-ethyl adjacent to an activating group) is 1. The van der Waals surface area contributed by atoms with Gasteiger partial charge < -0.3 is 9.84 Å². The molecule has 28 heavy (non-hydrogen) atoms. The molecule has 0 spiro atoms. The Labute approximate surface area is 170 Å². The molecule has 2 aromatic rings. The van der Waals surface area contributed by atoms with Crippen molar-refractivity contribution >= 4 is 46.7 Å². The molecule has 1 aliphatic heterocycles. The van der Waals surface area contributed by atoms with E-state index in [0.29, 0.717) is 21.4 Å². The summed E-state index contributed by atoms with van der Waals surface area (Å²) in [6.45, 7) is 0.153. The van der Waals surface area contributed by atoms with Gasteiger partial charge in [0.1, 0.15) is 18.2 Å². The fourth-order valence-electron chi connectivity index (χ4n) is 2.63. The van der Waals surface area contributed by atoms with Crippen molar-refractivity contribution in [2.24, 2.45) is 4.99 Å². The molecule has 0 aromatic heterocycles. The van der Waals surface area contributed by atoms with E-state index in [1.165, 1.54) is 7.05 Å². The topological polar surface area (TPSA) is 96.3 Å². The summed E-state index contributed by atoms with van der Waals surface area (Å²) in [5, 5.41) is 10.0. The molecule has 9 heteroatoms. The van der Waals surface area contributed by atoms with E-state index in [2.05, 4.69) is 4.99 Å². The van der Waals surface area contributed by atoms with Gasteiger partial charge in [-0.2, -0.15) is 0 Å². The van der Waals surface area contributed by atoms with Crippen LogP contribution in [0.25, 0.3) is 0 Å². The van der Waals surface area contributed by atoms with Crippen LogP contribution in [-0.2, 0) is 21.0 Å². The Morgan fingerprint density at radius 3 is 2.57 bits per heavy atom. The molecule has 1 aliphatic rings. The Bertz CT molecular complexity index is 1010. The van der Waals surface area contributed by atoms with Gasteiger partial charge in [0.15, 0.2) is 0 Å². The van der Waals surface area contributed by atoms with Gasteiger partial charge in [0, 0.05) is 7.05 Å². The van der Waals surface area contributed by atoms with Crippen LogP contribution in [0, 0.1) is 0 Å². The third kappa shape index (κ3) is 3.85. The van der Waals surface area contributed by atoms with E-state index in [1.807, 2.05) is 0 Å². The first-order valence-corrected chi connectivity index (χ1v) is 8.84. The first kappa shape index (κ1) is 19.9. The van der Waals surface area contributed by atoms with Gasteiger partial charge in [-0.1, -0.05) is 41.4 Å². The van der Waals surface area contributed by atoms with Gasteiger partial charge in [-0.3, -0.25) is 14.5 Å². The number of hydrogen-bond donors (Lipinski definition) is 1. The standard InChI is InChI=1S/C19H14Cl2N2O5/c1-23-17(22-15(19(26)27)16(24)18(23)25)11-4-2-3-5-14(11)28-9-10-6-7-12(20)13(21)8-10/h2-8,15H,9H2,1H3,(H,26,27). The van der Waals surface area contributed by atoms with Crippen molar-refractivity contribution in [2.75, 3.05) is 7.05 Å². The van der Waals surface area contributed by atoms with Crippen molar-refractivity contribution < 1.29 is 24.2 Å². The number of carbonyl (C=O) groups excluding carboxylic acids is 2. The lowest BCUT2D eigenvalue weighted by Crippen LogP contribution is -2.50. The fourth-order valence-corrected chi connectivity index (χ4v) is 2.95. The number of amides is 1. The van der Waals surface area contributed by atoms with Crippen LogP contribution in [-0.4, -0.2) is 46.6 Å². The monoisotopic (exact) mass is 420 g/mol. The molecule has 0 saturated heterocycles. The molecular formula is C19H14Cl2N2O5. The number of carboxylic acid groups (broad SMARTS) is 1. The van der Waals surface area contributed by atoms with E-state index in [-0.39, 0.29) is 12.4 Å². The van der Waals surface area contributed by atoms with E-state index in [1.54, 1.807) is 42.5 Å². The quantitative estimate of drug-likeness (QED) is 0.592. The molecular weight excluding hydrogens is 407 g/mol. The molecule has 144 valence electrons. The fraction of sp³-hybridized carbons (Fsp3) is 0.158. The van der Waals surface area contributed by atoms with Gasteiger partial charge in [0.2, 0.25) is 6.04 Å². The van der Waals surface area contributed by atoms with E-state index in [0.717, 1.165) is 10.5 Å². The summed E-state index contributed by atoms with van der Waals surface area (Å²) in [5.41, 5.74) is 1.15. The van der Waals surface area contributed by atoms with Crippen LogP contribution < -0.4 is 4.74 Å². The van der Waals surface area contributed by atoms with Gasteiger partial charge in [-0.25, -0.2) is 9.79 Å². The van der Waals surface area contributed by atoms with Crippen LogP contribution in [0.3, 0.4) is 0 Å². The van der Waals surface area contributed by atoms with E-state index in [9.17, 15) is 19.5 Å². The lowest BCUT2D eigenvalue weighted by Gasteiger charge is -2.26. The van der Waals surface area contributed by atoms with Gasteiger partial charge >= 0.3 is 5.97 Å². The zero-order valence-corrected chi connectivity index (χ0v) is 16.1. The van der Waals surface area contributed by atoms with Crippen molar-refractivity contribution in [1.29, 1.82) is 0 Å². The molecule has 0 fully saturated rings. The number of carbonyl (C=O) groups is 3. The second-order valence-electron chi connectivity index (χ2n) is 5.96. The molecule has 1 heterocycles. The number of aliphatic carboxylic acids is 1. The van der Waals surface area contributed by atoms with E-state index in [4.69, 9.17) is 27.9 Å². The number of ketones is 1. The van der Waals surface area contributed by atoms with Crippen molar-refractivity contribution in [1.82, 2.24) is 4.90 Å². The van der Waals surface area contributed by atoms with Crippen molar-refractivity contribution in [3.05, 3.63) is 63.6 Å². The first-order valence-electron chi connectivity index (χ1n) is 8.08. The number of halogens is 2. The largest absolute Gasteiger partial charge is 0.488 e. The third-order valence-corrected chi connectivity index (χ3v) is 4.81. The number of carboxylic acids is 1. The SMILES string of the molecule is CN1C(=O)C(=O)C(C(=O)O)N=C1c1ccccc1OCc1ccc(Cl)c(Cl)c1. The summed E-state index contributed by atoms with van der Waals surface area (Å²) in [5.74, 6) is -3.12. The maximum absolute atomic E-state index is 12.1. The van der Waals surface area contributed by atoms with E-state index >= 15 is 0 Å². The highest BCUT2D eigenvalue weighted by Crippen LogP contribution is 2.26. The van der Waals surface area contributed by atoms with Gasteiger partial charge in [-0.05, 0) is 29.8 Å². The molecule has 0 aliphatic carbocycles. The highest BCUT2D eigenvalue weighted by atomic mass is 35.5. The van der Waals surface area contributed by atoms with Gasteiger partial charge in [0.25, 0.3) is 11.7 Å².